The van der Waals surface area contributed by atoms with E-state index in [1.165, 1.54) is 25.8 Å². The van der Waals surface area contributed by atoms with Crippen molar-refractivity contribution in [2.75, 3.05) is 20.6 Å². The maximum Gasteiger partial charge on any atom is 0.0767 e. The number of hydrogen-bond donors (Lipinski definition) is 1. The summed E-state index contributed by atoms with van der Waals surface area (Å²) in [4.78, 5) is 1.57. The topological polar surface area (TPSA) is 4.44 Å². The molecule has 68 valence electrons. The molecule has 0 heterocycles. The second kappa shape index (κ2) is 4.76. The summed E-state index contributed by atoms with van der Waals surface area (Å²) in [6.45, 7) is 8.31. The lowest BCUT2D eigenvalue weighted by molar-refractivity contribution is -0.858. The Labute approximate surface area is 71.8 Å². The highest BCUT2D eigenvalue weighted by Crippen LogP contribution is 2.25. The van der Waals surface area contributed by atoms with Gasteiger partial charge in [-0.15, -0.1) is 0 Å². The van der Waals surface area contributed by atoms with Gasteiger partial charge in [0.25, 0.3) is 0 Å². The highest BCUT2D eigenvalue weighted by molar-refractivity contribution is 4.65. The monoisotopic (exact) mass is 158 g/mol. The summed E-state index contributed by atoms with van der Waals surface area (Å²) in [5.74, 6) is 0. The third-order valence-corrected chi connectivity index (χ3v) is 2.49. The molecule has 0 fully saturated rings. The van der Waals surface area contributed by atoms with Crippen molar-refractivity contribution in [1.82, 2.24) is 0 Å². The van der Waals surface area contributed by atoms with E-state index in [2.05, 4.69) is 34.9 Å². The van der Waals surface area contributed by atoms with Crippen LogP contribution < -0.4 is 4.90 Å². The summed E-state index contributed by atoms with van der Waals surface area (Å²) < 4.78 is 0. The zero-order valence-corrected chi connectivity index (χ0v) is 8.83. The van der Waals surface area contributed by atoms with Crippen molar-refractivity contribution in [3.8, 4) is 0 Å². The number of nitrogens with one attached hydrogen (secondary N) is 1. The van der Waals surface area contributed by atoms with Crippen molar-refractivity contribution in [2.45, 2.75) is 40.0 Å². The van der Waals surface area contributed by atoms with Gasteiger partial charge in [-0.25, -0.2) is 0 Å². The van der Waals surface area contributed by atoms with Gasteiger partial charge in [-0.2, -0.15) is 0 Å². The maximum atomic E-state index is 2.36. The Morgan fingerprint density at radius 1 is 1.18 bits per heavy atom. The second-order valence-electron chi connectivity index (χ2n) is 4.58. The van der Waals surface area contributed by atoms with E-state index in [1.807, 2.05) is 0 Å². The minimum Gasteiger partial charge on any atom is -0.340 e. The molecule has 0 rings (SSSR count). The molecule has 1 heteroatoms. The lowest BCUT2D eigenvalue weighted by Crippen LogP contribution is -3.05. The zero-order valence-electron chi connectivity index (χ0n) is 8.83. The van der Waals surface area contributed by atoms with Gasteiger partial charge >= 0.3 is 0 Å². The zero-order chi connectivity index (χ0) is 8.91. The van der Waals surface area contributed by atoms with Crippen LogP contribution in [0, 0.1) is 5.41 Å². The molecule has 0 aliphatic heterocycles. The molecule has 1 nitrogen and oxygen atoms in total. The van der Waals surface area contributed by atoms with Crippen molar-refractivity contribution >= 4 is 0 Å². The fourth-order valence-corrected chi connectivity index (χ4v) is 1.10. The molecular weight excluding hydrogens is 134 g/mol. The number of quaternary nitrogens is 1. The van der Waals surface area contributed by atoms with Crippen LogP contribution in [0.5, 0.6) is 0 Å². The van der Waals surface area contributed by atoms with Crippen LogP contribution in [0.1, 0.15) is 40.0 Å². The average Bonchev–Trinajstić information content (AvgIpc) is 1.87. The van der Waals surface area contributed by atoms with E-state index < -0.39 is 0 Å². The Morgan fingerprint density at radius 2 is 1.73 bits per heavy atom. The Bertz CT molecular complexity index is 95.0. The van der Waals surface area contributed by atoms with Crippen LogP contribution in [-0.2, 0) is 0 Å². The van der Waals surface area contributed by atoms with Gasteiger partial charge in [-0.3, -0.25) is 0 Å². The lowest BCUT2D eigenvalue weighted by Gasteiger charge is -2.22. The summed E-state index contributed by atoms with van der Waals surface area (Å²) in [5.41, 5.74) is 0.565. The third kappa shape index (κ3) is 6.36. The SMILES string of the molecule is CCC(C)(C)CCC[NH+](C)C. The summed E-state index contributed by atoms with van der Waals surface area (Å²) >= 11 is 0. The number of hydrogen-bond acceptors (Lipinski definition) is 0. The Hall–Kier alpha value is -0.0400. The molecule has 0 aromatic rings. The molecule has 0 aromatic carbocycles. The van der Waals surface area contributed by atoms with Crippen molar-refractivity contribution < 1.29 is 4.90 Å². The van der Waals surface area contributed by atoms with E-state index >= 15 is 0 Å². The van der Waals surface area contributed by atoms with Crippen LogP contribution >= 0.6 is 0 Å². The van der Waals surface area contributed by atoms with E-state index in [1.54, 1.807) is 4.90 Å². The van der Waals surface area contributed by atoms with Crippen molar-refractivity contribution in [2.24, 2.45) is 5.41 Å². The summed E-state index contributed by atoms with van der Waals surface area (Å²) in [6, 6.07) is 0. The molecule has 0 bridgehead atoms. The van der Waals surface area contributed by atoms with Crippen LogP contribution in [0.3, 0.4) is 0 Å². The first-order valence-corrected chi connectivity index (χ1v) is 4.77. The summed E-state index contributed by atoms with van der Waals surface area (Å²) in [5, 5.41) is 0. The minimum atomic E-state index is 0.565. The predicted molar refractivity (Wildman–Crippen MR) is 51.0 cm³/mol. The summed E-state index contributed by atoms with van der Waals surface area (Å²) in [7, 11) is 4.44. The quantitative estimate of drug-likeness (QED) is 0.616. The van der Waals surface area contributed by atoms with E-state index in [-0.39, 0.29) is 0 Å². The van der Waals surface area contributed by atoms with Gasteiger partial charge in [-0.1, -0.05) is 27.2 Å². The molecule has 0 saturated carbocycles. The van der Waals surface area contributed by atoms with Crippen LogP contribution in [0.15, 0.2) is 0 Å². The van der Waals surface area contributed by atoms with Gasteiger partial charge in [0.1, 0.15) is 0 Å². The molecule has 1 N–H and O–H groups in total. The summed E-state index contributed by atoms with van der Waals surface area (Å²) in [6.07, 6.45) is 4.04. The first kappa shape index (κ1) is 11.0. The average molecular weight is 158 g/mol. The largest absolute Gasteiger partial charge is 0.340 e. The van der Waals surface area contributed by atoms with E-state index in [4.69, 9.17) is 0 Å². The molecule has 0 radical (unpaired) electrons. The fraction of sp³-hybridized carbons (Fsp3) is 1.00. The maximum absolute atomic E-state index is 2.36. The van der Waals surface area contributed by atoms with Crippen LogP contribution in [0.25, 0.3) is 0 Å². The molecule has 0 aliphatic rings. The lowest BCUT2D eigenvalue weighted by atomic mass is 9.85. The molecule has 0 unspecified atom stereocenters. The molecule has 0 aliphatic carbocycles. The highest BCUT2D eigenvalue weighted by atomic mass is 15.0. The first-order valence-electron chi connectivity index (χ1n) is 4.77. The third-order valence-electron chi connectivity index (χ3n) is 2.49. The van der Waals surface area contributed by atoms with Crippen LogP contribution in [0.2, 0.25) is 0 Å². The van der Waals surface area contributed by atoms with Crippen molar-refractivity contribution in [1.29, 1.82) is 0 Å². The molecule has 0 atom stereocenters. The predicted octanol–water partition coefficient (Wildman–Crippen LogP) is 1.35. The van der Waals surface area contributed by atoms with Crippen molar-refractivity contribution in [3.63, 3.8) is 0 Å². The minimum absolute atomic E-state index is 0.565. The standard InChI is InChI=1S/C10H23N/c1-6-10(2,3)8-7-9-11(4)5/h6-9H2,1-5H3/p+1. The first-order chi connectivity index (χ1) is 4.98. The molecule has 11 heavy (non-hydrogen) atoms. The molecule has 0 spiro atoms. The smallest absolute Gasteiger partial charge is 0.0767 e. The van der Waals surface area contributed by atoms with Crippen LogP contribution in [0.4, 0.5) is 0 Å². The Balaban J connectivity index is 3.38. The van der Waals surface area contributed by atoms with E-state index in [0.29, 0.717) is 5.41 Å². The fourth-order valence-electron chi connectivity index (χ4n) is 1.10. The van der Waals surface area contributed by atoms with Gasteiger partial charge in [0.2, 0.25) is 0 Å². The van der Waals surface area contributed by atoms with E-state index in [0.717, 1.165) is 0 Å². The molecular formula is C10H24N+. The van der Waals surface area contributed by atoms with Gasteiger partial charge in [-0.05, 0) is 18.3 Å². The molecule has 0 saturated heterocycles. The second-order valence-corrected chi connectivity index (χ2v) is 4.58. The van der Waals surface area contributed by atoms with Gasteiger partial charge in [0, 0.05) is 0 Å². The highest BCUT2D eigenvalue weighted by Gasteiger charge is 2.14. The Kier molecular flexibility index (Phi) is 4.74. The number of rotatable bonds is 5. The van der Waals surface area contributed by atoms with E-state index in [9.17, 15) is 0 Å². The van der Waals surface area contributed by atoms with Crippen LogP contribution in [-0.4, -0.2) is 20.6 Å². The molecule has 0 aromatic heterocycles. The van der Waals surface area contributed by atoms with Gasteiger partial charge < -0.3 is 4.90 Å². The van der Waals surface area contributed by atoms with Crippen molar-refractivity contribution in [3.05, 3.63) is 0 Å². The Morgan fingerprint density at radius 3 is 2.09 bits per heavy atom. The normalized spacial score (nSPS) is 12.5. The molecule has 0 amide bonds. The van der Waals surface area contributed by atoms with Gasteiger partial charge in [0.05, 0.1) is 20.6 Å². The van der Waals surface area contributed by atoms with Gasteiger partial charge in [0.15, 0.2) is 0 Å².